The van der Waals surface area contributed by atoms with E-state index in [1.165, 1.54) is 0 Å². The maximum absolute atomic E-state index is 13.2. The van der Waals surface area contributed by atoms with Crippen molar-refractivity contribution in [1.29, 1.82) is 0 Å². The van der Waals surface area contributed by atoms with Gasteiger partial charge in [0.15, 0.2) is 5.82 Å². The lowest BCUT2D eigenvalue weighted by atomic mass is 10.0. The fraction of sp³-hybridized carbons (Fsp3) is 0.500. The lowest BCUT2D eigenvalue weighted by molar-refractivity contribution is -0.118. The molecule has 0 radical (unpaired) electrons. The normalized spacial score (nSPS) is 15.9. The van der Waals surface area contributed by atoms with Gasteiger partial charge in [-0.2, -0.15) is 5.10 Å². The highest BCUT2D eigenvalue weighted by molar-refractivity contribution is 5.92. The molecule has 1 aliphatic rings. The molecule has 0 saturated heterocycles. The number of hydrogen-bond donors (Lipinski definition) is 2. The van der Waals surface area contributed by atoms with Crippen molar-refractivity contribution < 1.29 is 14.3 Å². The minimum atomic E-state index is -0.639. The Morgan fingerprint density at radius 2 is 1.93 bits per heavy atom. The minimum absolute atomic E-state index is 0.113. The number of nitrogens with one attached hydrogen (secondary N) is 2. The van der Waals surface area contributed by atoms with Crippen LogP contribution >= 0.6 is 0 Å². The van der Waals surface area contributed by atoms with Gasteiger partial charge in [-0.25, -0.2) is 4.79 Å². The number of aromatic nitrogens is 2. The number of ether oxygens (including phenoxy) is 1. The van der Waals surface area contributed by atoms with Crippen LogP contribution in [-0.2, 0) is 21.6 Å². The van der Waals surface area contributed by atoms with E-state index in [9.17, 15) is 9.59 Å². The molecule has 1 aromatic heterocycles. The Morgan fingerprint density at radius 3 is 2.53 bits per heavy atom. The van der Waals surface area contributed by atoms with Crippen LogP contribution in [-0.4, -0.2) is 52.6 Å². The first-order valence-corrected chi connectivity index (χ1v) is 10.2. The van der Waals surface area contributed by atoms with Crippen LogP contribution in [0.1, 0.15) is 50.6 Å². The first-order chi connectivity index (χ1) is 14.1. The van der Waals surface area contributed by atoms with Crippen LogP contribution in [0.2, 0.25) is 0 Å². The van der Waals surface area contributed by atoms with Crippen molar-refractivity contribution in [2.24, 2.45) is 5.92 Å². The van der Waals surface area contributed by atoms with Crippen LogP contribution in [0.4, 0.5) is 10.6 Å². The number of rotatable bonds is 6. The fourth-order valence-corrected chi connectivity index (χ4v) is 3.57. The van der Waals surface area contributed by atoms with E-state index in [4.69, 9.17) is 4.74 Å². The van der Waals surface area contributed by atoms with Crippen LogP contribution in [0, 0.1) is 5.92 Å². The van der Waals surface area contributed by atoms with Crippen molar-refractivity contribution in [3.05, 3.63) is 47.2 Å². The summed E-state index contributed by atoms with van der Waals surface area (Å²) >= 11 is 0. The summed E-state index contributed by atoms with van der Waals surface area (Å²) in [4.78, 5) is 29.0. The summed E-state index contributed by atoms with van der Waals surface area (Å²) in [5.74, 6) is 0.198. The van der Waals surface area contributed by atoms with Crippen molar-refractivity contribution in [2.75, 3.05) is 26.0 Å². The molecule has 0 spiro atoms. The van der Waals surface area contributed by atoms with Gasteiger partial charge in [0.1, 0.15) is 6.10 Å². The van der Waals surface area contributed by atoms with E-state index in [1.54, 1.807) is 4.90 Å². The minimum Gasteiger partial charge on any atom is -0.440 e. The Labute approximate surface area is 177 Å². The van der Waals surface area contributed by atoms with Gasteiger partial charge in [-0.05, 0) is 33.5 Å². The number of hydrogen-bond acceptors (Lipinski definition) is 5. The monoisotopic (exact) mass is 413 g/mol. The third-order valence-corrected chi connectivity index (χ3v) is 5.40. The van der Waals surface area contributed by atoms with Gasteiger partial charge in [0.2, 0.25) is 5.91 Å². The molecule has 30 heavy (non-hydrogen) atoms. The molecule has 0 aliphatic carbocycles. The molecular formula is C22H31N5O3. The molecule has 2 aromatic rings. The van der Waals surface area contributed by atoms with E-state index in [1.807, 2.05) is 77.0 Å². The van der Waals surface area contributed by atoms with E-state index in [0.29, 0.717) is 18.9 Å². The van der Waals surface area contributed by atoms with Crippen LogP contribution < -0.4 is 5.32 Å². The van der Waals surface area contributed by atoms with Crippen LogP contribution in [0.25, 0.3) is 0 Å². The molecule has 0 bridgehead atoms. The van der Waals surface area contributed by atoms with E-state index < -0.39 is 11.6 Å². The number of aromatic amines is 1. The van der Waals surface area contributed by atoms with Crippen LogP contribution in [0.5, 0.6) is 0 Å². The molecule has 2 amide bonds. The van der Waals surface area contributed by atoms with Crippen LogP contribution in [0.3, 0.4) is 0 Å². The number of anilines is 1. The summed E-state index contributed by atoms with van der Waals surface area (Å²) in [5, 5.41) is 10.1. The Bertz CT molecular complexity index is 905. The predicted molar refractivity (Wildman–Crippen MR) is 115 cm³/mol. The number of carbonyl (C=O) groups excluding carboxylic acids is 2. The summed E-state index contributed by atoms with van der Waals surface area (Å²) in [6.45, 7) is 8.42. The largest absolute Gasteiger partial charge is 0.440 e. The molecule has 8 heteroatoms. The van der Waals surface area contributed by atoms with Crippen molar-refractivity contribution in [3.63, 3.8) is 0 Å². The first-order valence-electron chi connectivity index (χ1n) is 10.2. The Morgan fingerprint density at radius 1 is 1.27 bits per heavy atom. The second-order valence-corrected chi connectivity index (χ2v) is 8.76. The molecule has 2 heterocycles. The summed E-state index contributed by atoms with van der Waals surface area (Å²) in [7, 11) is 3.90. The highest BCUT2D eigenvalue weighted by Gasteiger charge is 2.45. The van der Waals surface area contributed by atoms with Gasteiger partial charge in [0, 0.05) is 18.0 Å². The second-order valence-electron chi connectivity index (χ2n) is 8.76. The molecule has 1 aliphatic heterocycles. The standard InChI is InChI=1S/C22H31N5O3/c1-14(2)20(28)23-19-16-12-27(22(3,4)18(16)24-25-19)21(29)30-17(13-26(5)6)15-10-8-7-9-11-15/h7-11,14,17H,12-13H2,1-6H3,(H2,23,24,25,28). The third-order valence-electron chi connectivity index (χ3n) is 5.40. The molecule has 0 fully saturated rings. The number of fused-ring (bicyclic) bond motifs is 1. The van der Waals surface area contributed by atoms with Crippen molar-refractivity contribution >= 4 is 17.8 Å². The molecule has 1 unspecified atom stereocenters. The van der Waals surface area contributed by atoms with Gasteiger partial charge in [0.05, 0.1) is 17.8 Å². The lowest BCUT2D eigenvalue weighted by Gasteiger charge is -2.33. The van der Waals surface area contributed by atoms with Crippen molar-refractivity contribution in [1.82, 2.24) is 20.0 Å². The smallest absolute Gasteiger partial charge is 0.411 e. The van der Waals surface area contributed by atoms with E-state index in [2.05, 4.69) is 15.5 Å². The van der Waals surface area contributed by atoms with Gasteiger partial charge in [0.25, 0.3) is 0 Å². The number of benzene rings is 1. The Balaban J connectivity index is 1.80. The van der Waals surface area contributed by atoms with Gasteiger partial charge in [-0.1, -0.05) is 44.2 Å². The maximum Gasteiger partial charge on any atom is 0.411 e. The topological polar surface area (TPSA) is 90.6 Å². The first kappa shape index (κ1) is 21.8. The van der Waals surface area contributed by atoms with E-state index >= 15 is 0 Å². The zero-order valence-electron chi connectivity index (χ0n) is 18.5. The second kappa shape index (κ2) is 8.47. The molecule has 3 rings (SSSR count). The SMILES string of the molecule is CC(C)C(=O)Nc1n[nH]c2c1CN(C(=O)OC(CN(C)C)c1ccccc1)C2(C)C. The maximum atomic E-state index is 13.2. The van der Waals surface area contributed by atoms with Crippen molar-refractivity contribution in [3.8, 4) is 0 Å². The van der Waals surface area contributed by atoms with Gasteiger partial charge >= 0.3 is 6.09 Å². The van der Waals surface area contributed by atoms with E-state index in [0.717, 1.165) is 16.8 Å². The number of nitrogens with zero attached hydrogens (tertiary/aromatic N) is 3. The molecular weight excluding hydrogens is 382 g/mol. The quantitative estimate of drug-likeness (QED) is 0.756. The highest BCUT2D eigenvalue weighted by Crippen LogP contribution is 2.41. The molecule has 8 nitrogen and oxygen atoms in total. The fourth-order valence-electron chi connectivity index (χ4n) is 3.57. The lowest BCUT2D eigenvalue weighted by Crippen LogP contribution is -2.42. The van der Waals surface area contributed by atoms with Gasteiger partial charge in [-0.3, -0.25) is 14.8 Å². The Hall–Kier alpha value is -2.87. The molecule has 1 aromatic carbocycles. The number of likely N-dealkylation sites (N-methyl/N-ethyl adjacent to an activating group) is 1. The summed E-state index contributed by atoms with van der Waals surface area (Å²) in [5.41, 5.74) is 1.93. The van der Waals surface area contributed by atoms with Crippen LogP contribution in [0.15, 0.2) is 30.3 Å². The molecule has 162 valence electrons. The summed E-state index contributed by atoms with van der Waals surface area (Å²) in [6, 6.07) is 9.73. The Kier molecular flexibility index (Phi) is 6.17. The van der Waals surface area contributed by atoms with E-state index in [-0.39, 0.29) is 17.9 Å². The summed E-state index contributed by atoms with van der Waals surface area (Å²) in [6.07, 6.45) is -0.789. The highest BCUT2D eigenvalue weighted by atomic mass is 16.6. The molecule has 0 saturated carbocycles. The number of H-pyrrole nitrogens is 1. The zero-order valence-corrected chi connectivity index (χ0v) is 18.5. The molecule has 2 N–H and O–H groups in total. The van der Waals surface area contributed by atoms with Crippen molar-refractivity contribution in [2.45, 2.75) is 45.9 Å². The molecule has 1 atom stereocenters. The summed E-state index contributed by atoms with van der Waals surface area (Å²) < 4.78 is 5.95. The third kappa shape index (κ3) is 4.33. The van der Waals surface area contributed by atoms with Gasteiger partial charge in [-0.15, -0.1) is 0 Å². The number of amides is 2. The number of carbonyl (C=O) groups is 2. The predicted octanol–water partition coefficient (Wildman–Crippen LogP) is 3.49. The average Bonchev–Trinajstić information content (AvgIpc) is 3.20. The zero-order chi connectivity index (χ0) is 22.1. The van der Waals surface area contributed by atoms with Gasteiger partial charge < -0.3 is 15.0 Å². The average molecular weight is 414 g/mol.